The molecule has 2 N–H and O–H groups in total. The highest BCUT2D eigenvalue weighted by Gasteiger charge is 2.13. The Morgan fingerprint density at radius 2 is 1.76 bits per heavy atom. The Hall–Kier alpha value is -2.15. The predicted molar refractivity (Wildman–Crippen MR) is 103 cm³/mol. The Morgan fingerprint density at radius 1 is 1.08 bits per heavy atom. The molecule has 0 saturated heterocycles. The first-order valence-corrected chi connectivity index (χ1v) is 7.16. The summed E-state index contributed by atoms with van der Waals surface area (Å²) >= 11 is 0. The van der Waals surface area contributed by atoms with Crippen LogP contribution < -0.4 is 15.4 Å². The molecule has 5 nitrogen and oxygen atoms in total. The van der Waals surface area contributed by atoms with Gasteiger partial charge in [0.05, 0.1) is 19.2 Å². The fourth-order valence-electron chi connectivity index (χ4n) is 2.41. The van der Waals surface area contributed by atoms with Gasteiger partial charge in [-0.05, 0) is 42.5 Å². The minimum absolute atomic E-state index is 0. The number of hydrogen-bond donors (Lipinski definition) is 1. The van der Waals surface area contributed by atoms with E-state index in [1.54, 1.807) is 13.2 Å². The van der Waals surface area contributed by atoms with Crippen molar-refractivity contribution in [1.29, 1.82) is 0 Å². The summed E-state index contributed by atoms with van der Waals surface area (Å²) in [5.41, 5.74) is 7.25. The van der Waals surface area contributed by atoms with E-state index in [0.29, 0.717) is 22.5 Å². The molecule has 2 aromatic carbocycles. The maximum atomic E-state index is 13.6. The summed E-state index contributed by atoms with van der Waals surface area (Å²) in [4.78, 5) is 10.7. The average molecular weight is 385 g/mol. The maximum Gasteiger partial charge on any atom is 0.144 e. The zero-order chi connectivity index (χ0) is 16.4. The number of methoxy groups -OCH3 is 1. The zero-order valence-corrected chi connectivity index (χ0v) is 15.4. The summed E-state index contributed by atoms with van der Waals surface area (Å²) in [7, 11) is 3.49. The van der Waals surface area contributed by atoms with Crippen molar-refractivity contribution >= 4 is 47.2 Å². The van der Waals surface area contributed by atoms with Gasteiger partial charge in [-0.3, -0.25) is 0 Å². The van der Waals surface area contributed by atoms with Crippen LogP contribution in [0.3, 0.4) is 0 Å². The number of rotatable bonds is 4. The largest absolute Gasteiger partial charge is 0.497 e. The number of hydrogen-bond acceptors (Lipinski definition) is 5. The van der Waals surface area contributed by atoms with E-state index < -0.39 is 0 Å². The van der Waals surface area contributed by atoms with Crippen LogP contribution in [-0.2, 0) is 6.54 Å². The van der Waals surface area contributed by atoms with Crippen LogP contribution in [0, 0.1) is 5.82 Å². The molecular weight excluding hydrogens is 366 g/mol. The quantitative estimate of drug-likeness (QED) is 0.739. The first kappa shape index (κ1) is 20.9. The lowest BCUT2D eigenvalue weighted by Gasteiger charge is -2.21. The lowest BCUT2D eigenvalue weighted by Crippen LogP contribution is -2.15. The van der Waals surface area contributed by atoms with Gasteiger partial charge in [0.15, 0.2) is 0 Å². The molecule has 0 aliphatic heterocycles. The van der Waals surface area contributed by atoms with E-state index in [2.05, 4.69) is 9.97 Å². The highest BCUT2D eigenvalue weighted by atomic mass is 35.5. The van der Waals surface area contributed by atoms with Gasteiger partial charge in [0.2, 0.25) is 0 Å². The minimum Gasteiger partial charge on any atom is -0.497 e. The summed E-state index contributed by atoms with van der Waals surface area (Å²) in [6.07, 6.45) is 0. The molecule has 8 heteroatoms. The van der Waals surface area contributed by atoms with E-state index in [-0.39, 0.29) is 37.2 Å². The molecule has 0 spiro atoms. The van der Waals surface area contributed by atoms with Crippen LogP contribution in [0.15, 0.2) is 42.5 Å². The molecule has 134 valence electrons. The fraction of sp³-hybridized carbons (Fsp3) is 0.176. The van der Waals surface area contributed by atoms with Crippen LogP contribution in [0.2, 0.25) is 0 Å². The molecule has 25 heavy (non-hydrogen) atoms. The van der Waals surface area contributed by atoms with E-state index >= 15 is 0 Å². The highest BCUT2D eigenvalue weighted by molar-refractivity contribution is 5.91. The number of aromatic nitrogens is 2. The number of fused-ring (bicyclic) bond motifs is 1. The molecule has 0 unspecified atom stereocenters. The van der Waals surface area contributed by atoms with E-state index in [9.17, 15) is 4.39 Å². The molecule has 1 aromatic heterocycles. The van der Waals surface area contributed by atoms with Gasteiger partial charge in [-0.25, -0.2) is 14.4 Å². The second-order valence-electron chi connectivity index (χ2n) is 5.09. The van der Waals surface area contributed by atoms with Crippen LogP contribution >= 0.6 is 24.8 Å². The summed E-state index contributed by atoms with van der Waals surface area (Å²) < 4.78 is 18.8. The minimum atomic E-state index is -0.328. The smallest absolute Gasteiger partial charge is 0.144 e. The molecule has 0 radical (unpaired) electrons. The third kappa shape index (κ3) is 4.28. The van der Waals surface area contributed by atoms with Gasteiger partial charge in [-0.2, -0.15) is 0 Å². The Morgan fingerprint density at radius 3 is 2.36 bits per heavy atom. The molecule has 0 bridgehead atoms. The Balaban J connectivity index is 0.00000156. The van der Waals surface area contributed by atoms with Gasteiger partial charge in [0.1, 0.15) is 23.2 Å². The van der Waals surface area contributed by atoms with Crippen molar-refractivity contribution in [3.05, 3.63) is 54.1 Å². The van der Waals surface area contributed by atoms with E-state index in [4.69, 9.17) is 10.5 Å². The lowest BCUT2D eigenvalue weighted by atomic mass is 10.2. The standard InChI is InChI=1S/C17H17FN4O.2ClH/c1-22(12-4-6-13(23-2)7-5-12)17-14-9-11(18)3-8-15(14)20-16(10-19)21-17;;/h3-9H,10,19H2,1-2H3;2*1H. The number of anilines is 2. The van der Waals surface area contributed by atoms with Gasteiger partial charge in [-0.1, -0.05) is 0 Å². The molecule has 0 aliphatic carbocycles. The molecule has 3 aromatic rings. The topological polar surface area (TPSA) is 64.3 Å². The van der Waals surface area contributed by atoms with Crippen molar-refractivity contribution in [3.8, 4) is 5.75 Å². The van der Waals surface area contributed by atoms with E-state index in [1.165, 1.54) is 12.1 Å². The third-order valence-electron chi connectivity index (χ3n) is 3.64. The SMILES string of the molecule is COc1ccc(N(C)c2nc(CN)nc3ccc(F)cc23)cc1.Cl.Cl. The molecule has 3 rings (SSSR count). The monoisotopic (exact) mass is 384 g/mol. The normalized spacial score (nSPS) is 9.92. The Kier molecular flexibility index (Phi) is 7.36. The highest BCUT2D eigenvalue weighted by Crippen LogP contribution is 2.30. The van der Waals surface area contributed by atoms with Crippen LogP contribution in [0.4, 0.5) is 15.9 Å². The molecule has 0 saturated carbocycles. The molecular formula is C17H19Cl2FN4O. The van der Waals surface area contributed by atoms with Gasteiger partial charge >= 0.3 is 0 Å². The lowest BCUT2D eigenvalue weighted by molar-refractivity contribution is 0.415. The molecule has 0 fully saturated rings. The number of ether oxygens (including phenoxy) is 1. The van der Waals surface area contributed by atoms with Crippen LogP contribution in [0.5, 0.6) is 5.75 Å². The number of benzene rings is 2. The predicted octanol–water partition coefficient (Wildman–Crippen LogP) is 3.85. The van der Waals surface area contributed by atoms with Crippen LogP contribution in [0.25, 0.3) is 10.9 Å². The Labute approximate surface area is 157 Å². The number of halogens is 3. The van der Waals surface area contributed by atoms with Crippen molar-refractivity contribution in [2.24, 2.45) is 5.73 Å². The summed E-state index contributed by atoms with van der Waals surface area (Å²) in [5.74, 6) is 1.56. The molecule has 0 atom stereocenters. The van der Waals surface area contributed by atoms with E-state index in [1.807, 2.05) is 36.2 Å². The summed E-state index contributed by atoms with van der Waals surface area (Å²) in [6, 6.07) is 12.0. The number of nitrogens with zero attached hydrogens (tertiary/aromatic N) is 3. The maximum absolute atomic E-state index is 13.6. The zero-order valence-electron chi connectivity index (χ0n) is 13.8. The van der Waals surface area contributed by atoms with Crippen molar-refractivity contribution in [2.45, 2.75) is 6.54 Å². The van der Waals surface area contributed by atoms with Gasteiger partial charge in [0, 0.05) is 18.1 Å². The fourth-order valence-corrected chi connectivity index (χ4v) is 2.41. The summed E-state index contributed by atoms with van der Waals surface area (Å²) in [6.45, 7) is 0.219. The molecule has 1 heterocycles. The molecule has 0 aliphatic rings. The third-order valence-corrected chi connectivity index (χ3v) is 3.64. The molecule has 0 amide bonds. The first-order chi connectivity index (χ1) is 11.1. The van der Waals surface area contributed by atoms with E-state index in [0.717, 1.165) is 11.4 Å². The van der Waals surface area contributed by atoms with Crippen molar-refractivity contribution in [3.63, 3.8) is 0 Å². The van der Waals surface area contributed by atoms with Crippen molar-refractivity contribution in [2.75, 3.05) is 19.1 Å². The van der Waals surface area contributed by atoms with Crippen LogP contribution in [0.1, 0.15) is 5.82 Å². The van der Waals surface area contributed by atoms with Crippen molar-refractivity contribution < 1.29 is 9.13 Å². The second-order valence-corrected chi connectivity index (χ2v) is 5.09. The second kappa shape index (κ2) is 8.80. The number of nitrogens with two attached hydrogens (primary N) is 1. The van der Waals surface area contributed by atoms with Crippen LogP contribution in [-0.4, -0.2) is 24.1 Å². The average Bonchev–Trinajstić information content (AvgIpc) is 2.60. The van der Waals surface area contributed by atoms with Crippen molar-refractivity contribution in [1.82, 2.24) is 9.97 Å². The van der Waals surface area contributed by atoms with Gasteiger partial charge in [0.25, 0.3) is 0 Å². The van der Waals surface area contributed by atoms with Gasteiger partial charge in [-0.15, -0.1) is 24.8 Å². The first-order valence-electron chi connectivity index (χ1n) is 7.16. The Bertz CT molecular complexity index is 846. The van der Waals surface area contributed by atoms with Gasteiger partial charge < -0.3 is 15.4 Å². The summed E-state index contributed by atoms with van der Waals surface area (Å²) in [5, 5.41) is 0.639.